The number of aryl methyl sites for hydroxylation is 1. The van der Waals surface area contributed by atoms with Crippen LogP contribution in [0.25, 0.3) is 11.1 Å². The van der Waals surface area contributed by atoms with Crippen molar-refractivity contribution in [1.29, 1.82) is 0 Å². The van der Waals surface area contributed by atoms with Crippen LogP contribution in [-0.4, -0.2) is 25.6 Å². The number of ether oxygens (including phenoxy) is 2. The SMILES string of the molecule is CC.CC.CC.CC(=O)COCCOc1ccc(-c2ccc(C)cc2)cc1. The Morgan fingerprint density at radius 1 is 0.741 bits per heavy atom. The molecule has 0 fully saturated rings. The Labute approximate surface area is 166 Å². The number of rotatable bonds is 7. The van der Waals surface area contributed by atoms with Gasteiger partial charge in [-0.25, -0.2) is 0 Å². The number of Topliss-reactive ketones (excluding diaryl/α,β-unsaturated/α-hetero) is 1. The summed E-state index contributed by atoms with van der Waals surface area (Å²) in [6.45, 7) is 16.6. The zero-order chi connectivity index (χ0) is 21.1. The molecule has 0 saturated carbocycles. The standard InChI is InChI=1S/C18H20O3.3C2H6/c1-14-3-5-16(6-4-14)17-7-9-18(10-8-17)21-12-11-20-13-15(2)19;3*1-2/h3-10H,11-13H2,1-2H3;3*1-2H3. The van der Waals surface area contributed by atoms with Crippen LogP contribution < -0.4 is 4.74 Å². The molecule has 0 aromatic heterocycles. The minimum atomic E-state index is 0.0254. The molecule has 3 heteroatoms. The summed E-state index contributed by atoms with van der Waals surface area (Å²) >= 11 is 0. The van der Waals surface area contributed by atoms with E-state index in [4.69, 9.17) is 9.47 Å². The molecule has 0 heterocycles. The molecular weight excluding hydrogens is 336 g/mol. The van der Waals surface area contributed by atoms with Crippen molar-refractivity contribution in [3.05, 3.63) is 54.1 Å². The van der Waals surface area contributed by atoms with Gasteiger partial charge in [-0.05, 0) is 37.1 Å². The van der Waals surface area contributed by atoms with E-state index < -0.39 is 0 Å². The second-order valence-electron chi connectivity index (χ2n) is 4.99. The first-order chi connectivity index (χ1) is 13.1. The zero-order valence-electron chi connectivity index (χ0n) is 18.5. The van der Waals surface area contributed by atoms with Crippen molar-refractivity contribution in [3.8, 4) is 16.9 Å². The van der Waals surface area contributed by atoms with E-state index in [0.29, 0.717) is 13.2 Å². The second kappa shape index (κ2) is 18.7. The molecule has 0 aliphatic carbocycles. The fourth-order valence-electron chi connectivity index (χ4n) is 1.92. The van der Waals surface area contributed by atoms with Crippen LogP contribution in [0.5, 0.6) is 5.75 Å². The molecule has 0 radical (unpaired) electrons. The van der Waals surface area contributed by atoms with Gasteiger partial charge in [0.25, 0.3) is 0 Å². The molecule has 0 bridgehead atoms. The predicted molar refractivity (Wildman–Crippen MR) is 118 cm³/mol. The number of benzene rings is 2. The van der Waals surface area contributed by atoms with Crippen molar-refractivity contribution in [1.82, 2.24) is 0 Å². The van der Waals surface area contributed by atoms with Crippen molar-refractivity contribution in [3.63, 3.8) is 0 Å². The molecule has 0 aliphatic heterocycles. The summed E-state index contributed by atoms with van der Waals surface area (Å²) in [6, 6.07) is 16.4. The maximum Gasteiger partial charge on any atom is 0.155 e. The zero-order valence-corrected chi connectivity index (χ0v) is 18.5. The van der Waals surface area contributed by atoms with Crippen LogP contribution in [0, 0.1) is 6.92 Å². The van der Waals surface area contributed by atoms with E-state index in [9.17, 15) is 4.79 Å². The number of hydrogen-bond donors (Lipinski definition) is 0. The Hall–Kier alpha value is -2.13. The second-order valence-corrected chi connectivity index (χ2v) is 4.99. The minimum Gasteiger partial charge on any atom is -0.491 e. The lowest BCUT2D eigenvalue weighted by atomic mass is 10.0. The molecule has 0 amide bonds. The smallest absolute Gasteiger partial charge is 0.155 e. The van der Waals surface area contributed by atoms with Crippen LogP contribution in [0.1, 0.15) is 54.0 Å². The summed E-state index contributed by atoms with van der Waals surface area (Å²) in [7, 11) is 0. The van der Waals surface area contributed by atoms with E-state index >= 15 is 0 Å². The minimum absolute atomic E-state index is 0.0254. The first kappa shape index (κ1) is 27.1. The van der Waals surface area contributed by atoms with E-state index in [1.54, 1.807) is 0 Å². The van der Waals surface area contributed by atoms with Gasteiger partial charge in [-0.1, -0.05) is 83.5 Å². The molecule has 27 heavy (non-hydrogen) atoms. The maximum absolute atomic E-state index is 10.7. The van der Waals surface area contributed by atoms with Gasteiger partial charge in [0.15, 0.2) is 5.78 Å². The van der Waals surface area contributed by atoms with Gasteiger partial charge in [0, 0.05) is 0 Å². The van der Waals surface area contributed by atoms with Crippen LogP contribution in [-0.2, 0) is 9.53 Å². The van der Waals surface area contributed by atoms with Crippen LogP contribution >= 0.6 is 0 Å². The van der Waals surface area contributed by atoms with Gasteiger partial charge >= 0.3 is 0 Å². The Morgan fingerprint density at radius 3 is 1.63 bits per heavy atom. The lowest BCUT2D eigenvalue weighted by molar-refractivity contribution is -0.121. The largest absolute Gasteiger partial charge is 0.491 e. The van der Waals surface area contributed by atoms with Gasteiger partial charge in [-0.2, -0.15) is 0 Å². The van der Waals surface area contributed by atoms with Crippen LogP contribution in [0.4, 0.5) is 0 Å². The van der Waals surface area contributed by atoms with E-state index in [-0.39, 0.29) is 12.4 Å². The Bertz CT molecular complexity index is 572. The van der Waals surface area contributed by atoms with Crippen LogP contribution in [0.3, 0.4) is 0 Å². The van der Waals surface area contributed by atoms with Crippen molar-refractivity contribution >= 4 is 5.78 Å². The molecule has 0 aliphatic rings. The Kier molecular flexibility index (Phi) is 18.7. The highest BCUT2D eigenvalue weighted by Gasteiger charge is 1.99. The van der Waals surface area contributed by atoms with Crippen molar-refractivity contribution in [2.75, 3.05) is 19.8 Å². The summed E-state index contributed by atoms with van der Waals surface area (Å²) in [5.41, 5.74) is 3.61. The van der Waals surface area contributed by atoms with Crippen molar-refractivity contribution in [2.45, 2.75) is 55.4 Å². The van der Waals surface area contributed by atoms with Crippen molar-refractivity contribution in [2.24, 2.45) is 0 Å². The number of carbonyl (C=O) groups excluding carboxylic acids is 1. The highest BCUT2D eigenvalue weighted by molar-refractivity contribution is 5.76. The van der Waals surface area contributed by atoms with Gasteiger partial charge in [0.2, 0.25) is 0 Å². The van der Waals surface area contributed by atoms with E-state index in [1.165, 1.54) is 18.1 Å². The van der Waals surface area contributed by atoms with Crippen molar-refractivity contribution < 1.29 is 14.3 Å². The Morgan fingerprint density at radius 2 is 1.19 bits per heavy atom. The fourth-order valence-corrected chi connectivity index (χ4v) is 1.92. The van der Waals surface area contributed by atoms with Gasteiger partial charge in [-0.15, -0.1) is 0 Å². The number of ketones is 1. The highest BCUT2D eigenvalue weighted by Crippen LogP contribution is 2.22. The lowest BCUT2D eigenvalue weighted by Crippen LogP contribution is -2.11. The highest BCUT2D eigenvalue weighted by atomic mass is 16.5. The number of carbonyl (C=O) groups is 1. The van der Waals surface area contributed by atoms with Crippen LogP contribution in [0.15, 0.2) is 48.5 Å². The third-order valence-electron chi connectivity index (χ3n) is 3.04. The third kappa shape index (κ3) is 12.8. The van der Waals surface area contributed by atoms with Gasteiger partial charge in [0.1, 0.15) is 19.0 Å². The Balaban J connectivity index is 0. The normalized spacial score (nSPS) is 8.74. The molecular formula is C24H38O3. The van der Waals surface area contributed by atoms with E-state index in [0.717, 1.165) is 11.3 Å². The first-order valence-electron chi connectivity index (χ1n) is 10.0. The summed E-state index contributed by atoms with van der Waals surface area (Å²) in [6.07, 6.45) is 0. The summed E-state index contributed by atoms with van der Waals surface area (Å²) < 4.78 is 10.7. The average Bonchev–Trinajstić information content (AvgIpc) is 2.73. The first-order valence-corrected chi connectivity index (χ1v) is 10.0. The molecule has 0 N–H and O–H groups in total. The van der Waals surface area contributed by atoms with Gasteiger partial charge in [-0.3, -0.25) is 4.79 Å². The van der Waals surface area contributed by atoms with Crippen LogP contribution in [0.2, 0.25) is 0 Å². The molecule has 2 aromatic rings. The topological polar surface area (TPSA) is 35.5 Å². The molecule has 2 aromatic carbocycles. The number of hydrogen-bond acceptors (Lipinski definition) is 3. The lowest BCUT2D eigenvalue weighted by Gasteiger charge is -2.08. The molecule has 152 valence electrons. The molecule has 2 rings (SSSR count). The maximum atomic E-state index is 10.7. The molecule has 0 spiro atoms. The monoisotopic (exact) mass is 374 g/mol. The summed E-state index contributed by atoms with van der Waals surface area (Å²) in [5.74, 6) is 0.828. The molecule has 0 atom stereocenters. The molecule has 0 saturated heterocycles. The molecule has 3 nitrogen and oxygen atoms in total. The molecule has 0 unspecified atom stereocenters. The average molecular weight is 375 g/mol. The summed E-state index contributed by atoms with van der Waals surface area (Å²) in [4.78, 5) is 10.7. The fraction of sp³-hybridized carbons (Fsp3) is 0.458. The summed E-state index contributed by atoms with van der Waals surface area (Å²) in [5, 5.41) is 0. The van der Waals surface area contributed by atoms with E-state index in [1.807, 2.05) is 65.8 Å². The van der Waals surface area contributed by atoms with Gasteiger partial charge in [0.05, 0.1) is 6.61 Å². The quantitative estimate of drug-likeness (QED) is 0.504. The predicted octanol–water partition coefficient (Wildman–Crippen LogP) is 6.73. The van der Waals surface area contributed by atoms with Gasteiger partial charge < -0.3 is 9.47 Å². The van der Waals surface area contributed by atoms with E-state index in [2.05, 4.69) is 31.2 Å². The third-order valence-corrected chi connectivity index (χ3v) is 3.04.